The monoisotopic (exact) mass is 297 g/mol. The molecule has 1 aromatic heterocycles. The highest BCUT2D eigenvalue weighted by molar-refractivity contribution is 7.20. The number of fused-ring (bicyclic) bond motifs is 1. The molecular formula is C14H16FNO3S. The highest BCUT2D eigenvalue weighted by Gasteiger charge is 2.29. The number of amides is 1. The Hall–Kier alpha value is -1.50. The number of aliphatic hydroxyl groups is 2. The maximum absolute atomic E-state index is 13.1. The first-order chi connectivity index (χ1) is 9.53. The molecule has 6 heteroatoms. The smallest absolute Gasteiger partial charge is 0.261 e. The number of thiophene rings is 1. The molecule has 3 N–H and O–H groups in total. The molecule has 0 saturated carbocycles. The minimum Gasteiger partial charge on any atom is -0.394 e. The van der Waals surface area contributed by atoms with Crippen molar-refractivity contribution in [2.75, 3.05) is 13.2 Å². The van der Waals surface area contributed by atoms with Crippen LogP contribution in [0.25, 0.3) is 10.1 Å². The van der Waals surface area contributed by atoms with Gasteiger partial charge in [0.1, 0.15) is 5.82 Å². The van der Waals surface area contributed by atoms with E-state index in [4.69, 9.17) is 0 Å². The van der Waals surface area contributed by atoms with Gasteiger partial charge in [-0.05, 0) is 30.0 Å². The van der Waals surface area contributed by atoms with Gasteiger partial charge in [0.15, 0.2) is 0 Å². The fourth-order valence-electron chi connectivity index (χ4n) is 1.86. The summed E-state index contributed by atoms with van der Waals surface area (Å²) in [6.45, 7) is 1.09. The molecule has 0 saturated heterocycles. The Bertz CT molecular complexity index is 614. The van der Waals surface area contributed by atoms with E-state index in [1.54, 1.807) is 19.1 Å². The number of aliphatic hydroxyl groups excluding tert-OH is 2. The van der Waals surface area contributed by atoms with Gasteiger partial charge in [-0.25, -0.2) is 4.39 Å². The Kier molecular flexibility index (Phi) is 4.37. The minimum atomic E-state index is -1.03. The van der Waals surface area contributed by atoms with Crippen LogP contribution in [0.5, 0.6) is 0 Å². The maximum Gasteiger partial charge on any atom is 0.261 e. The van der Waals surface area contributed by atoms with E-state index in [2.05, 4.69) is 5.32 Å². The van der Waals surface area contributed by atoms with Gasteiger partial charge >= 0.3 is 0 Å². The minimum absolute atomic E-state index is 0.342. The number of nitrogens with one attached hydrogen (secondary N) is 1. The highest BCUT2D eigenvalue weighted by Crippen LogP contribution is 2.26. The molecule has 0 aliphatic rings. The Morgan fingerprint density at radius 3 is 2.65 bits per heavy atom. The van der Waals surface area contributed by atoms with Gasteiger partial charge in [0.25, 0.3) is 5.91 Å². The molecular weight excluding hydrogens is 281 g/mol. The average molecular weight is 297 g/mol. The van der Waals surface area contributed by atoms with Crippen LogP contribution >= 0.6 is 11.3 Å². The van der Waals surface area contributed by atoms with Crippen molar-refractivity contribution in [2.24, 2.45) is 0 Å². The molecule has 0 aliphatic carbocycles. The molecule has 2 rings (SSSR count). The molecule has 1 amide bonds. The average Bonchev–Trinajstić information content (AvgIpc) is 2.88. The van der Waals surface area contributed by atoms with Crippen LogP contribution in [0.15, 0.2) is 24.3 Å². The van der Waals surface area contributed by atoms with Crippen molar-refractivity contribution in [2.45, 2.75) is 18.9 Å². The lowest BCUT2D eigenvalue weighted by molar-refractivity contribution is 0.0656. The molecule has 0 radical (unpaired) electrons. The molecule has 1 aromatic carbocycles. The number of carbonyl (C=O) groups excluding carboxylic acids is 1. The number of hydrogen-bond donors (Lipinski definition) is 3. The standard InChI is InChI=1S/C14H16FNO3S/c1-2-14(7-17,8-18)16-13(19)12-5-9-3-4-10(15)6-11(9)20-12/h3-6,17-18H,2,7-8H2,1H3,(H,16,19). The second kappa shape index (κ2) is 5.87. The summed E-state index contributed by atoms with van der Waals surface area (Å²) >= 11 is 1.18. The van der Waals surface area contributed by atoms with Gasteiger partial charge in [-0.3, -0.25) is 4.79 Å². The summed E-state index contributed by atoms with van der Waals surface area (Å²) in [5.74, 6) is -0.725. The van der Waals surface area contributed by atoms with Crippen LogP contribution in [0.1, 0.15) is 23.0 Å². The molecule has 20 heavy (non-hydrogen) atoms. The zero-order chi connectivity index (χ0) is 14.8. The Labute approximate surface area is 119 Å². The zero-order valence-electron chi connectivity index (χ0n) is 11.0. The number of hydrogen-bond acceptors (Lipinski definition) is 4. The van der Waals surface area contributed by atoms with Crippen molar-refractivity contribution in [3.8, 4) is 0 Å². The summed E-state index contributed by atoms with van der Waals surface area (Å²) < 4.78 is 13.8. The topological polar surface area (TPSA) is 69.6 Å². The van der Waals surface area contributed by atoms with Crippen LogP contribution in [0, 0.1) is 5.82 Å². The molecule has 2 aromatic rings. The first-order valence-corrected chi connectivity index (χ1v) is 7.08. The van der Waals surface area contributed by atoms with Gasteiger partial charge < -0.3 is 15.5 Å². The predicted molar refractivity (Wildman–Crippen MR) is 76.4 cm³/mol. The lowest BCUT2D eigenvalue weighted by Crippen LogP contribution is -2.53. The molecule has 0 fully saturated rings. The number of rotatable bonds is 5. The van der Waals surface area contributed by atoms with Crippen molar-refractivity contribution in [1.82, 2.24) is 5.32 Å². The SMILES string of the molecule is CCC(CO)(CO)NC(=O)c1cc2ccc(F)cc2s1. The summed E-state index contributed by atoms with van der Waals surface area (Å²) in [5, 5.41) is 22.1. The van der Waals surface area contributed by atoms with Crippen molar-refractivity contribution < 1.29 is 19.4 Å². The molecule has 108 valence electrons. The summed E-state index contributed by atoms with van der Waals surface area (Å²) in [5.41, 5.74) is -1.03. The third kappa shape index (κ3) is 2.82. The Balaban J connectivity index is 2.27. The van der Waals surface area contributed by atoms with E-state index in [-0.39, 0.29) is 24.9 Å². The first-order valence-electron chi connectivity index (χ1n) is 6.27. The third-order valence-electron chi connectivity index (χ3n) is 3.37. The summed E-state index contributed by atoms with van der Waals surface area (Å²) in [6.07, 6.45) is 0.408. The van der Waals surface area contributed by atoms with Crippen molar-refractivity contribution in [1.29, 1.82) is 0 Å². The maximum atomic E-state index is 13.1. The van der Waals surface area contributed by atoms with Crippen LogP contribution in [0.4, 0.5) is 4.39 Å². The highest BCUT2D eigenvalue weighted by atomic mass is 32.1. The lowest BCUT2D eigenvalue weighted by atomic mass is 9.98. The molecule has 4 nitrogen and oxygen atoms in total. The van der Waals surface area contributed by atoms with E-state index in [1.807, 2.05) is 0 Å². The van der Waals surface area contributed by atoms with Gasteiger partial charge in [0.2, 0.25) is 0 Å². The second-order valence-electron chi connectivity index (χ2n) is 4.70. The fourth-order valence-corrected chi connectivity index (χ4v) is 2.84. The van der Waals surface area contributed by atoms with Gasteiger partial charge in [-0.2, -0.15) is 0 Å². The molecule has 1 heterocycles. The third-order valence-corrected chi connectivity index (χ3v) is 4.46. The van der Waals surface area contributed by atoms with E-state index in [0.29, 0.717) is 16.0 Å². The summed E-state index contributed by atoms with van der Waals surface area (Å²) in [7, 11) is 0. The van der Waals surface area contributed by atoms with E-state index < -0.39 is 5.54 Å². The Morgan fingerprint density at radius 2 is 2.05 bits per heavy atom. The molecule has 0 atom stereocenters. The zero-order valence-corrected chi connectivity index (χ0v) is 11.8. The second-order valence-corrected chi connectivity index (χ2v) is 5.78. The van der Waals surface area contributed by atoms with Crippen molar-refractivity contribution in [3.63, 3.8) is 0 Å². The van der Waals surface area contributed by atoms with Crippen LogP contribution in [0.3, 0.4) is 0 Å². The van der Waals surface area contributed by atoms with Crippen LogP contribution in [0.2, 0.25) is 0 Å². The van der Waals surface area contributed by atoms with Gasteiger partial charge in [-0.15, -0.1) is 11.3 Å². The molecule has 0 unspecified atom stereocenters. The van der Waals surface area contributed by atoms with Crippen LogP contribution in [-0.4, -0.2) is 34.9 Å². The van der Waals surface area contributed by atoms with Crippen molar-refractivity contribution in [3.05, 3.63) is 35.0 Å². The van der Waals surface area contributed by atoms with E-state index in [1.165, 1.54) is 23.5 Å². The van der Waals surface area contributed by atoms with Gasteiger partial charge in [-0.1, -0.05) is 13.0 Å². The summed E-state index contributed by atoms with van der Waals surface area (Å²) in [6, 6.07) is 6.00. The lowest BCUT2D eigenvalue weighted by Gasteiger charge is -2.29. The van der Waals surface area contributed by atoms with Gasteiger partial charge in [0.05, 0.1) is 23.6 Å². The normalized spacial score (nSPS) is 11.8. The first kappa shape index (κ1) is 14.9. The predicted octanol–water partition coefficient (Wildman–Crippen LogP) is 1.90. The van der Waals surface area contributed by atoms with E-state index >= 15 is 0 Å². The summed E-state index contributed by atoms with van der Waals surface area (Å²) in [4.78, 5) is 12.6. The quantitative estimate of drug-likeness (QED) is 0.789. The van der Waals surface area contributed by atoms with Crippen molar-refractivity contribution >= 4 is 27.3 Å². The Morgan fingerprint density at radius 1 is 1.35 bits per heavy atom. The molecule has 0 bridgehead atoms. The largest absolute Gasteiger partial charge is 0.394 e. The van der Waals surface area contributed by atoms with Crippen LogP contribution in [-0.2, 0) is 0 Å². The van der Waals surface area contributed by atoms with E-state index in [9.17, 15) is 19.4 Å². The van der Waals surface area contributed by atoms with Gasteiger partial charge in [0, 0.05) is 4.70 Å². The fraction of sp³-hybridized carbons (Fsp3) is 0.357. The van der Waals surface area contributed by atoms with Crippen LogP contribution < -0.4 is 5.32 Å². The number of carbonyl (C=O) groups is 1. The van der Waals surface area contributed by atoms with E-state index in [0.717, 1.165) is 5.39 Å². The molecule has 0 spiro atoms. The number of halogens is 1. The molecule has 0 aliphatic heterocycles. The number of benzene rings is 1.